The molecule has 0 aliphatic carbocycles. The second kappa shape index (κ2) is 6.93. The zero-order valence-electron chi connectivity index (χ0n) is 14.2. The first-order valence-corrected chi connectivity index (χ1v) is 7.26. The van der Waals surface area contributed by atoms with Crippen molar-refractivity contribution in [3.05, 3.63) is 37.6 Å². The Morgan fingerprint density at radius 1 is 0.880 bits per heavy atom. The number of anilines is 2. The fourth-order valence-electron chi connectivity index (χ4n) is 2.15. The highest BCUT2D eigenvalue weighted by molar-refractivity contribution is 5.90. The first-order chi connectivity index (χ1) is 11.7. The first kappa shape index (κ1) is 17.8. The third kappa shape index (κ3) is 3.88. The predicted octanol–water partition coefficient (Wildman–Crippen LogP) is -0.0175. The molecule has 0 unspecified atom stereocenters. The van der Waals surface area contributed by atoms with E-state index >= 15 is 0 Å². The molecule has 4 N–H and O–H groups in total. The number of carbonyl (C=O) groups excluding carboxylic acids is 2. The van der Waals surface area contributed by atoms with Gasteiger partial charge < -0.3 is 10.6 Å². The lowest BCUT2D eigenvalue weighted by molar-refractivity contribution is -0.115. The fraction of sp³-hybridized carbons (Fsp3) is 0.267. The van der Waals surface area contributed by atoms with Crippen LogP contribution in [0.25, 0.3) is 12.2 Å². The molecule has 132 valence electrons. The highest BCUT2D eigenvalue weighted by Gasteiger charge is 2.12. The minimum absolute atomic E-state index is 0.183. The number of aromatic nitrogens is 4. The largest absolute Gasteiger partial charge is 0.311 e. The van der Waals surface area contributed by atoms with E-state index in [1.165, 1.54) is 49.5 Å². The third-order valence-electron chi connectivity index (χ3n) is 3.23. The van der Waals surface area contributed by atoms with Gasteiger partial charge in [-0.2, -0.15) is 0 Å². The lowest BCUT2D eigenvalue weighted by Crippen LogP contribution is -2.13. The molecular formula is C15H18N6O4. The Kier molecular flexibility index (Phi) is 4.94. The molecule has 0 aromatic carbocycles. The van der Waals surface area contributed by atoms with Crippen molar-refractivity contribution in [2.45, 2.75) is 13.8 Å². The summed E-state index contributed by atoms with van der Waals surface area (Å²) in [7, 11) is 3.01. The molecule has 0 aliphatic heterocycles. The van der Waals surface area contributed by atoms with Crippen molar-refractivity contribution in [3.63, 3.8) is 0 Å². The van der Waals surface area contributed by atoms with Crippen molar-refractivity contribution in [1.29, 1.82) is 0 Å². The SMILES string of the molecule is CC(=O)Nc1[nH]n(C)c(=O)c1C=C=Cc1c(NC(C)=O)[nH]n(C)c1=O. The van der Waals surface area contributed by atoms with Crippen LogP contribution in [0.3, 0.4) is 0 Å². The van der Waals surface area contributed by atoms with Crippen molar-refractivity contribution < 1.29 is 9.59 Å². The van der Waals surface area contributed by atoms with Gasteiger partial charge in [0.25, 0.3) is 11.1 Å². The molecule has 2 aromatic heterocycles. The Labute approximate surface area is 141 Å². The molecule has 10 heteroatoms. The molecule has 2 aromatic rings. The summed E-state index contributed by atoms with van der Waals surface area (Å²) in [6, 6.07) is 0. The summed E-state index contributed by atoms with van der Waals surface area (Å²) in [5.41, 5.74) is 2.37. The van der Waals surface area contributed by atoms with Gasteiger partial charge in [-0.05, 0) is 12.2 Å². The van der Waals surface area contributed by atoms with Gasteiger partial charge in [0.05, 0.1) is 11.1 Å². The number of hydrogen-bond acceptors (Lipinski definition) is 4. The molecule has 0 saturated carbocycles. The van der Waals surface area contributed by atoms with Crippen LogP contribution in [-0.2, 0) is 23.7 Å². The number of hydrogen-bond donors (Lipinski definition) is 4. The Balaban J connectivity index is 2.47. The number of rotatable bonds is 4. The lowest BCUT2D eigenvalue weighted by Gasteiger charge is -1.98. The zero-order chi connectivity index (χ0) is 18.7. The smallest absolute Gasteiger partial charge is 0.276 e. The second-order valence-electron chi connectivity index (χ2n) is 5.35. The molecule has 2 rings (SSSR count). The van der Waals surface area contributed by atoms with Crippen LogP contribution >= 0.6 is 0 Å². The Hall–Kier alpha value is -3.52. The Bertz CT molecular complexity index is 932. The van der Waals surface area contributed by atoms with Gasteiger partial charge in [0.2, 0.25) is 11.8 Å². The quantitative estimate of drug-likeness (QED) is 0.579. The maximum absolute atomic E-state index is 12.1. The van der Waals surface area contributed by atoms with Gasteiger partial charge in [-0.25, -0.2) is 0 Å². The monoisotopic (exact) mass is 346 g/mol. The summed E-state index contributed by atoms with van der Waals surface area (Å²) < 4.78 is 2.41. The number of nitrogens with zero attached hydrogens (tertiary/aromatic N) is 2. The molecule has 0 radical (unpaired) electrons. The van der Waals surface area contributed by atoms with Crippen LogP contribution in [0, 0.1) is 0 Å². The van der Waals surface area contributed by atoms with E-state index in [-0.39, 0.29) is 45.7 Å². The highest BCUT2D eigenvalue weighted by atomic mass is 16.2. The predicted molar refractivity (Wildman–Crippen MR) is 93.1 cm³/mol. The molecular weight excluding hydrogens is 328 g/mol. The van der Waals surface area contributed by atoms with Crippen molar-refractivity contribution in [2.24, 2.45) is 14.1 Å². The molecule has 2 amide bonds. The lowest BCUT2D eigenvalue weighted by atomic mass is 10.2. The molecule has 2 heterocycles. The van der Waals surface area contributed by atoms with Crippen LogP contribution in [0.4, 0.5) is 11.6 Å². The minimum Gasteiger partial charge on any atom is -0.311 e. The maximum Gasteiger partial charge on any atom is 0.276 e. The van der Waals surface area contributed by atoms with E-state index in [9.17, 15) is 19.2 Å². The number of aromatic amines is 2. The average Bonchev–Trinajstić information content (AvgIpc) is 2.90. The molecule has 10 nitrogen and oxygen atoms in total. The summed E-state index contributed by atoms with van der Waals surface area (Å²) >= 11 is 0. The second-order valence-corrected chi connectivity index (χ2v) is 5.35. The summed E-state index contributed by atoms with van der Waals surface area (Å²) in [5.74, 6) is -0.226. The van der Waals surface area contributed by atoms with E-state index in [4.69, 9.17) is 0 Å². The van der Waals surface area contributed by atoms with Crippen molar-refractivity contribution in [3.8, 4) is 0 Å². The molecule has 0 aliphatic rings. The minimum atomic E-state index is -0.367. The standard InChI is InChI=1S/C15H18N6O4/c1-8(22)16-12-10(14(24)20(3)18-12)6-5-7-11-13(17-9(2)23)19-21(4)15(11)25/h6-7,18-19H,1-4H3,(H,16,22)(H,17,23). The third-order valence-corrected chi connectivity index (χ3v) is 3.23. The molecule has 0 bridgehead atoms. The van der Waals surface area contributed by atoms with Gasteiger partial charge in [-0.1, -0.05) is 0 Å². The van der Waals surface area contributed by atoms with Crippen LogP contribution in [0.1, 0.15) is 25.0 Å². The van der Waals surface area contributed by atoms with Crippen molar-refractivity contribution >= 4 is 35.6 Å². The molecule has 0 fully saturated rings. The van der Waals surface area contributed by atoms with Gasteiger partial charge in [0.15, 0.2) is 0 Å². The molecule has 25 heavy (non-hydrogen) atoms. The van der Waals surface area contributed by atoms with Crippen LogP contribution in [0.2, 0.25) is 0 Å². The van der Waals surface area contributed by atoms with Crippen LogP contribution in [0.5, 0.6) is 0 Å². The van der Waals surface area contributed by atoms with Gasteiger partial charge in [-0.15, -0.1) is 5.73 Å². The molecule has 0 atom stereocenters. The zero-order valence-corrected chi connectivity index (χ0v) is 14.2. The summed E-state index contributed by atoms with van der Waals surface area (Å²) in [6.07, 6.45) is 2.68. The normalized spacial score (nSPS) is 10.1. The average molecular weight is 346 g/mol. The van der Waals surface area contributed by atoms with E-state index in [2.05, 4.69) is 26.6 Å². The van der Waals surface area contributed by atoms with Gasteiger partial charge in [0.1, 0.15) is 11.6 Å². The van der Waals surface area contributed by atoms with Crippen molar-refractivity contribution in [2.75, 3.05) is 10.6 Å². The van der Waals surface area contributed by atoms with Crippen LogP contribution in [0.15, 0.2) is 15.3 Å². The van der Waals surface area contributed by atoms with E-state index in [0.29, 0.717) is 0 Å². The van der Waals surface area contributed by atoms with Gasteiger partial charge >= 0.3 is 0 Å². The van der Waals surface area contributed by atoms with E-state index in [1.807, 2.05) is 0 Å². The van der Waals surface area contributed by atoms with Crippen LogP contribution < -0.4 is 21.8 Å². The van der Waals surface area contributed by atoms with E-state index < -0.39 is 0 Å². The van der Waals surface area contributed by atoms with Crippen LogP contribution in [-0.4, -0.2) is 31.4 Å². The van der Waals surface area contributed by atoms with Gasteiger partial charge in [0, 0.05) is 27.9 Å². The Morgan fingerprint density at radius 2 is 1.24 bits per heavy atom. The fourth-order valence-corrected chi connectivity index (χ4v) is 2.15. The highest BCUT2D eigenvalue weighted by Crippen LogP contribution is 2.12. The van der Waals surface area contributed by atoms with Crippen molar-refractivity contribution in [1.82, 2.24) is 19.6 Å². The summed E-state index contributed by atoms with van der Waals surface area (Å²) in [6.45, 7) is 2.63. The summed E-state index contributed by atoms with van der Waals surface area (Å²) in [5, 5.41) is 10.4. The Morgan fingerprint density at radius 3 is 1.56 bits per heavy atom. The number of amides is 2. The van der Waals surface area contributed by atoms with Gasteiger partial charge in [-0.3, -0.25) is 38.7 Å². The molecule has 0 saturated heterocycles. The number of nitrogens with one attached hydrogen (secondary N) is 4. The topological polar surface area (TPSA) is 134 Å². The maximum atomic E-state index is 12.1. The molecule has 0 spiro atoms. The first-order valence-electron chi connectivity index (χ1n) is 7.26. The van der Waals surface area contributed by atoms with E-state index in [0.717, 1.165) is 0 Å². The van der Waals surface area contributed by atoms with E-state index in [1.54, 1.807) is 0 Å². The summed E-state index contributed by atoms with van der Waals surface area (Å²) in [4.78, 5) is 46.5. The number of carbonyl (C=O) groups is 2. The number of H-pyrrole nitrogens is 2. The number of aryl methyl sites for hydroxylation is 2.